The van der Waals surface area contributed by atoms with Crippen molar-refractivity contribution in [2.75, 3.05) is 6.54 Å². The molecule has 0 bridgehead atoms. The summed E-state index contributed by atoms with van der Waals surface area (Å²) in [6.45, 7) is 6.80. The van der Waals surface area contributed by atoms with Gasteiger partial charge in [-0.3, -0.25) is 4.79 Å². The van der Waals surface area contributed by atoms with E-state index in [1.54, 1.807) is 0 Å². The summed E-state index contributed by atoms with van der Waals surface area (Å²) in [6.07, 6.45) is 3.23. The number of hydrogen-bond acceptors (Lipinski definition) is 3. The molecule has 1 aromatic rings. The molecule has 2 N–H and O–H groups in total. The number of furan rings is 1. The van der Waals surface area contributed by atoms with E-state index in [0.29, 0.717) is 0 Å². The fourth-order valence-corrected chi connectivity index (χ4v) is 2.55. The largest absolute Gasteiger partial charge is 0.466 e. The summed E-state index contributed by atoms with van der Waals surface area (Å²) in [5, 5.41) is 6.32. The van der Waals surface area contributed by atoms with Crippen LogP contribution in [0.2, 0.25) is 0 Å². The van der Waals surface area contributed by atoms with Gasteiger partial charge in [0, 0.05) is 5.56 Å². The van der Waals surface area contributed by atoms with E-state index >= 15 is 0 Å². The van der Waals surface area contributed by atoms with Crippen LogP contribution in [0.5, 0.6) is 0 Å². The summed E-state index contributed by atoms with van der Waals surface area (Å²) >= 11 is 0. The van der Waals surface area contributed by atoms with Gasteiger partial charge >= 0.3 is 0 Å². The molecule has 1 unspecified atom stereocenters. The molecule has 0 spiro atoms. The second kappa shape index (κ2) is 5.57. The van der Waals surface area contributed by atoms with E-state index in [2.05, 4.69) is 10.6 Å². The molecule has 1 saturated heterocycles. The lowest BCUT2D eigenvalue weighted by atomic mass is 10.0. The molecule has 4 heteroatoms. The maximum atomic E-state index is 12.1. The second-order valence-corrected chi connectivity index (χ2v) is 5.10. The van der Waals surface area contributed by atoms with E-state index < -0.39 is 0 Å². The zero-order chi connectivity index (χ0) is 13.1. The topological polar surface area (TPSA) is 54.3 Å². The molecule has 0 radical (unpaired) electrons. The van der Waals surface area contributed by atoms with Crippen LogP contribution in [-0.4, -0.2) is 18.5 Å². The number of rotatable bonds is 3. The lowest BCUT2D eigenvalue weighted by molar-refractivity contribution is -0.124. The van der Waals surface area contributed by atoms with Crippen molar-refractivity contribution < 1.29 is 9.21 Å². The number of nitrogens with one attached hydrogen (secondary N) is 2. The van der Waals surface area contributed by atoms with Gasteiger partial charge in [0.05, 0.1) is 12.1 Å². The first kappa shape index (κ1) is 13.1. The number of aryl methyl sites for hydroxylation is 2. The van der Waals surface area contributed by atoms with Crippen molar-refractivity contribution in [3.05, 3.63) is 23.2 Å². The summed E-state index contributed by atoms with van der Waals surface area (Å²) in [5.41, 5.74) is 1.07. The molecule has 1 amide bonds. The van der Waals surface area contributed by atoms with E-state index in [0.717, 1.165) is 36.5 Å². The first-order chi connectivity index (χ1) is 8.58. The van der Waals surface area contributed by atoms with Crippen LogP contribution < -0.4 is 10.6 Å². The van der Waals surface area contributed by atoms with Gasteiger partial charge in [-0.15, -0.1) is 0 Å². The minimum absolute atomic E-state index is 0.00123. The molecule has 1 fully saturated rings. The van der Waals surface area contributed by atoms with Crippen LogP contribution in [0.1, 0.15) is 49.3 Å². The average Bonchev–Trinajstić information content (AvgIpc) is 2.69. The molecule has 100 valence electrons. The zero-order valence-corrected chi connectivity index (χ0v) is 11.4. The van der Waals surface area contributed by atoms with Gasteiger partial charge in [0.1, 0.15) is 11.5 Å². The average molecular weight is 250 g/mol. The third-order valence-corrected chi connectivity index (χ3v) is 3.53. The number of carbonyl (C=O) groups is 1. The standard InChI is InChI=1S/C14H22N2O2/c1-9-8-12(11(3)18-9)10(2)16-14(17)13-6-4-5-7-15-13/h8,10,13,15H,4-7H2,1-3H3,(H,16,17)/t10?,13-/m1/s1. The van der Waals surface area contributed by atoms with Crippen molar-refractivity contribution >= 4 is 5.91 Å². The first-order valence-electron chi connectivity index (χ1n) is 6.68. The third kappa shape index (κ3) is 2.93. The Balaban J connectivity index is 1.96. The first-order valence-corrected chi connectivity index (χ1v) is 6.68. The van der Waals surface area contributed by atoms with E-state index in [9.17, 15) is 4.79 Å². The maximum Gasteiger partial charge on any atom is 0.237 e. The molecule has 1 aromatic heterocycles. The summed E-state index contributed by atoms with van der Waals surface area (Å²) in [4.78, 5) is 12.1. The highest BCUT2D eigenvalue weighted by Crippen LogP contribution is 2.21. The minimum Gasteiger partial charge on any atom is -0.466 e. The smallest absolute Gasteiger partial charge is 0.237 e. The van der Waals surface area contributed by atoms with Crippen molar-refractivity contribution in [1.82, 2.24) is 10.6 Å². The molecule has 18 heavy (non-hydrogen) atoms. The van der Waals surface area contributed by atoms with Gasteiger partial charge in [-0.25, -0.2) is 0 Å². The highest BCUT2D eigenvalue weighted by atomic mass is 16.3. The predicted molar refractivity (Wildman–Crippen MR) is 70.4 cm³/mol. The van der Waals surface area contributed by atoms with Crippen molar-refractivity contribution in [3.8, 4) is 0 Å². The van der Waals surface area contributed by atoms with E-state index in [-0.39, 0.29) is 18.0 Å². The van der Waals surface area contributed by atoms with Gasteiger partial charge in [-0.2, -0.15) is 0 Å². The van der Waals surface area contributed by atoms with Crippen molar-refractivity contribution in [2.24, 2.45) is 0 Å². The Labute approximate surface area is 108 Å². The summed E-state index contributed by atoms with van der Waals surface area (Å²) in [7, 11) is 0. The lowest BCUT2D eigenvalue weighted by Crippen LogP contribution is -2.47. The molecular formula is C14H22N2O2. The molecule has 0 aliphatic carbocycles. The van der Waals surface area contributed by atoms with Crippen LogP contribution in [0.15, 0.2) is 10.5 Å². The van der Waals surface area contributed by atoms with Crippen LogP contribution in [0.4, 0.5) is 0 Å². The minimum atomic E-state index is -0.0329. The second-order valence-electron chi connectivity index (χ2n) is 5.10. The van der Waals surface area contributed by atoms with E-state index in [1.807, 2.05) is 26.8 Å². The summed E-state index contributed by atoms with van der Waals surface area (Å²) < 4.78 is 5.50. The van der Waals surface area contributed by atoms with Gasteiger partial charge in [-0.05, 0) is 46.2 Å². The Bertz CT molecular complexity index is 419. The monoisotopic (exact) mass is 250 g/mol. The third-order valence-electron chi connectivity index (χ3n) is 3.53. The van der Waals surface area contributed by atoms with Crippen LogP contribution >= 0.6 is 0 Å². The van der Waals surface area contributed by atoms with Crippen molar-refractivity contribution in [3.63, 3.8) is 0 Å². The quantitative estimate of drug-likeness (QED) is 0.865. The Morgan fingerprint density at radius 2 is 2.28 bits per heavy atom. The van der Waals surface area contributed by atoms with Crippen LogP contribution in [0.25, 0.3) is 0 Å². The fraction of sp³-hybridized carbons (Fsp3) is 0.643. The predicted octanol–water partition coefficient (Wildman–Crippen LogP) is 2.22. The van der Waals surface area contributed by atoms with Crippen LogP contribution in [-0.2, 0) is 4.79 Å². The Morgan fingerprint density at radius 1 is 1.50 bits per heavy atom. The Hall–Kier alpha value is -1.29. The van der Waals surface area contributed by atoms with Crippen molar-refractivity contribution in [1.29, 1.82) is 0 Å². The van der Waals surface area contributed by atoms with Gasteiger partial charge in [0.25, 0.3) is 0 Å². The van der Waals surface area contributed by atoms with E-state index in [4.69, 9.17) is 4.42 Å². The molecule has 2 heterocycles. The molecular weight excluding hydrogens is 228 g/mol. The molecule has 2 atom stereocenters. The highest BCUT2D eigenvalue weighted by molar-refractivity contribution is 5.82. The van der Waals surface area contributed by atoms with Crippen LogP contribution in [0, 0.1) is 13.8 Å². The summed E-state index contributed by atoms with van der Waals surface area (Å²) in [6, 6.07) is 1.96. The fourth-order valence-electron chi connectivity index (χ4n) is 2.55. The van der Waals surface area contributed by atoms with E-state index in [1.165, 1.54) is 6.42 Å². The summed E-state index contributed by atoms with van der Waals surface area (Å²) in [5.74, 6) is 1.87. The van der Waals surface area contributed by atoms with Gasteiger partial charge in [0.15, 0.2) is 0 Å². The van der Waals surface area contributed by atoms with Crippen LogP contribution in [0.3, 0.4) is 0 Å². The number of piperidine rings is 1. The molecule has 1 aliphatic rings. The molecule has 1 aliphatic heterocycles. The van der Waals surface area contributed by atoms with Gasteiger partial charge in [0.2, 0.25) is 5.91 Å². The molecule has 4 nitrogen and oxygen atoms in total. The lowest BCUT2D eigenvalue weighted by Gasteiger charge is -2.24. The Morgan fingerprint density at radius 3 is 2.83 bits per heavy atom. The number of amides is 1. The SMILES string of the molecule is Cc1cc(C(C)NC(=O)[C@H]2CCCCN2)c(C)o1. The molecule has 0 aromatic carbocycles. The van der Waals surface area contributed by atoms with Crippen molar-refractivity contribution in [2.45, 2.75) is 52.1 Å². The highest BCUT2D eigenvalue weighted by Gasteiger charge is 2.23. The maximum absolute atomic E-state index is 12.1. The number of hydrogen-bond donors (Lipinski definition) is 2. The Kier molecular flexibility index (Phi) is 4.07. The van der Waals surface area contributed by atoms with Gasteiger partial charge < -0.3 is 15.1 Å². The van der Waals surface area contributed by atoms with Gasteiger partial charge in [-0.1, -0.05) is 6.42 Å². The normalized spacial score (nSPS) is 21.6. The molecule has 0 saturated carbocycles. The zero-order valence-electron chi connectivity index (χ0n) is 11.4. The molecule has 2 rings (SSSR count). The number of carbonyl (C=O) groups excluding carboxylic acids is 1.